The molecular formula is C23H30N4O. The average molecular weight is 379 g/mol. The first-order valence-corrected chi connectivity index (χ1v) is 10.7. The van der Waals surface area contributed by atoms with Gasteiger partial charge in [0.25, 0.3) is 5.89 Å². The second-order valence-electron chi connectivity index (χ2n) is 9.10. The van der Waals surface area contributed by atoms with Crippen molar-refractivity contribution in [3.63, 3.8) is 0 Å². The Kier molecular flexibility index (Phi) is 4.71. The number of aromatic nitrogens is 3. The third-order valence-corrected chi connectivity index (χ3v) is 6.90. The molecule has 2 aliphatic rings. The molecule has 3 unspecified atom stereocenters. The molecule has 5 nitrogen and oxygen atoms in total. The Bertz CT molecular complexity index is 957. The van der Waals surface area contributed by atoms with Gasteiger partial charge in [-0.15, -0.1) is 0 Å². The van der Waals surface area contributed by atoms with Gasteiger partial charge < -0.3 is 14.4 Å². The van der Waals surface area contributed by atoms with Crippen LogP contribution in [-0.2, 0) is 12.8 Å². The molecule has 2 aromatic heterocycles. The van der Waals surface area contributed by atoms with Gasteiger partial charge in [0.2, 0.25) is 0 Å². The number of hydrogen-bond donors (Lipinski definition) is 1. The van der Waals surface area contributed by atoms with Gasteiger partial charge in [-0.3, -0.25) is 0 Å². The summed E-state index contributed by atoms with van der Waals surface area (Å²) < 4.78 is 5.59. The summed E-state index contributed by atoms with van der Waals surface area (Å²) in [5.41, 5.74) is 3.41. The fourth-order valence-electron chi connectivity index (χ4n) is 5.40. The van der Waals surface area contributed by atoms with Crippen LogP contribution in [0.2, 0.25) is 0 Å². The van der Waals surface area contributed by atoms with E-state index in [9.17, 15) is 0 Å². The van der Waals surface area contributed by atoms with Crippen LogP contribution in [-0.4, -0.2) is 40.7 Å². The van der Waals surface area contributed by atoms with E-state index in [1.54, 1.807) is 0 Å². The summed E-state index contributed by atoms with van der Waals surface area (Å²) >= 11 is 0. The van der Waals surface area contributed by atoms with Crippen LogP contribution in [0.5, 0.6) is 0 Å². The number of fused-ring (bicyclic) bond motifs is 3. The molecule has 2 aliphatic carbocycles. The lowest BCUT2D eigenvalue weighted by atomic mass is 9.85. The number of benzene rings is 1. The number of nitrogens with zero attached hydrogens (tertiary/aromatic N) is 3. The molecule has 1 aromatic carbocycles. The van der Waals surface area contributed by atoms with Crippen molar-refractivity contribution in [2.75, 3.05) is 20.6 Å². The molecule has 5 rings (SSSR count). The zero-order chi connectivity index (χ0) is 19.1. The number of H-pyrrole nitrogens is 1. The number of rotatable bonds is 7. The minimum Gasteiger partial charge on any atom is -0.351 e. The third kappa shape index (κ3) is 3.48. The number of aromatic amines is 1. The van der Waals surface area contributed by atoms with Crippen molar-refractivity contribution in [3.8, 4) is 11.6 Å². The van der Waals surface area contributed by atoms with Gasteiger partial charge in [0.05, 0.1) is 0 Å². The van der Waals surface area contributed by atoms with E-state index in [1.165, 1.54) is 43.1 Å². The van der Waals surface area contributed by atoms with Crippen LogP contribution >= 0.6 is 0 Å². The molecule has 5 heteroatoms. The molecule has 2 bridgehead atoms. The highest BCUT2D eigenvalue weighted by Gasteiger charge is 2.39. The minimum atomic E-state index is 0.609. The quantitative estimate of drug-likeness (QED) is 0.648. The Morgan fingerprint density at radius 1 is 1.18 bits per heavy atom. The van der Waals surface area contributed by atoms with Crippen molar-refractivity contribution in [2.24, 2.45) is 17.8 Å². The zero-order valence-electron chi connectivity index (χ0n) is 16.9. The first-order chi connectivity index (χ1) is 13.7. The Morgan fingerprint density at radius 3 is 2.89 bits per heavy atom. The molecule has 2 heterocycles. The molecule has 3 atom stereocenters. The van der Waals surface area contributed by atoms with Crippen molar-refractivity contribution >= 4 is 10.9 Å². The predicted molar refractivity (Wildman–Crippen MR) is 111 cm³/mol. The maximum atomic E-state index is 5.59. The Morgan fingerprint density at radius 2 is 2.11 bits per heavy atom. The highest BCUT2D eigenvalue weighted by atomic mass is 16.5. The summed E-state index contributed by atoms with van der Waals surface area (Å²) in [5, 5.41) is 5.51. The van der Waals surface area contributed by atoms with E-state index in [0.717, 1.165) is 54.2 Å². The van der Waals surface area contributed by atoms with E-state index >= 15 is 0 Å². The van der Waals surface area contributed by atoms with Crippen LogP contribution in [0.3, 0.4) is 0 Å². The van der Waals surface area contributed by atoms with Gasteiger partial charge in [0, 0.05) is 23.9 Å². The molecule has 0 aliphatic heterocycles. The summed E-state index contributed by atoms with van der Waals surface area (Å²) in [7, 11) is 4.22. The van der Waals surface area contributed by atoms with Crippen LogP contribution < -0.4 is 0 Å². The molecule has 0 amide bonds. The van der Waals surface area contributed by atoms with Gasteiger partial charge in [0.15, 0.2) is 5.82 Å². The van der Waals surface area contributed by atoms with Gasteiger partial charge in [-0.1, -0.05) is 23.7 Å². The predicted octanol–water partition coefficient (Wildman–Crippen LogP) is 4.69. The van der Waals surface area contributed by atoms with Crippen LogP contribution in [0.15, 0.2) is 28.8 Å². The van der Waals surface area contributed by atoms with Crippen LogP contribution in [0.25, 0.3) is 22.5 Å². The van der Waals surface area contributed by atoms with E-state index < -0.39 is 0 Å². The SMILES string of the molecule is CN(C)CCc1cccc2[nH]c(-c3nc(CCC4CC5CCC4C5)no3)cc12. The average Bonchev–Trinajstić information content (AvgIpc) is 3.47. The first-order valence-electron chi connectivity index (χ1n) is 10.7. The summed E-state index contributed by atoms with van der Waals surface area (Å²) in [6, 6.07) is 8.60. The summed E-state index contributed by atoms with van der Waals surface area (Å²) in [5.74, 6) is 4.31. The molecule has 3 aromatic rings. The van der Waals surface area contributed by atoms with Gasteiger partial charge >= 0.3 is 0 Å². The molecule has 0 spiro atoms. The van der Waals surface area contributed by atoms with Gasteiger partial charge in [-0.2, -0.15) is 4.98 Å². The van der Waals surface area contributed by atoms with Crippen molar-refractivity contribution in [3.05, 3.63) is 35.7 Å². The van der Waals surface area contributed by atoms with Crippen molar-refractivity contribution in [1.29, 1.82) is 0 Å². The zero-order valence-corrected chi connectivity index (χ0v) is 16.9. The number of aryl methyl sites for hydroxylation is 1. The lowest BCUT2D eigenvalue weighted by molar-refractivity contribution is 0.311. The van der Waals surface area contributed by atoms with E-state index in [4.69, 9.17) is 4.52 Å². The van der Waals surface area contributed by atoms with E-state index in [1.807, 2.05) is 0 Å². The maximum absolute atomic E-state index is 5.59. The van der Waals surface area contributed by atoms with Crippen LogP contribution in [0, 0.1) is 17.8 Å². The molecule has 148 valence electrons. The standard InChI is InChI=1S/C23H30N4O/c1-27(2)11-10-16-4-3-5-20-19(16)14-21(24-20)23-25-22(26-28-23)9-8-18-13-15-6-7-17(18)12-15/h3-5,14-15,17-18,24H,6-13H2,1-2H3. The van der Waals surface area contributed by atoms with Gasteiger partial charge in [-0.05, 0) is 81.6 Å². The lowest BCUT2D eigenvalue weighted by Crippen LogP contribution is -2.15. The fourth-order valence-corrected chi connectivity index (χ4v) is 5.40. The molecule has 2 saturated carbocycles. The molecule has 1 N–H and O–H groups in total. The first kappa shape index (κ1) is 17.9. The van der Waals surface area contributed by atoms with E-state index in [0.29, 0.717) is 5.89 Å². The normalized spacial score (nSPS) is 24.0. The van der Waals surface area contributed by atoms with Gasteiger partial charge in [-0.25, -0.2) is 0 Å². The van der Waals surface area contributed by atoms with E-state index in [-0.39, 0.29) is 0 Å². The highest BCUT2D eigenvalue weighted by Crippen LogP contribution is 2.49. The second-order valence-corrected chi connectivity index (χ2v) is 9.10. The Hall–Kier alpha value is -2.14. The van der Waals surface area contributed by atoms with Crippen molar-refractivity contribution < 1.29 is 4.52 Å². The lowest BCUT2D eigenvalue weighted by Gasteiger charge is -2.20. The summed E-state index contributed by atoms with van der Waals surface area (Å²) in [6.45, 7) is 1.04. The highest BCUT2D eigenvalue weighted by molar-refractivity contribution is 5.87. The second kappa shape index (κ2) is 7.36. The topological polar surface area (TPSA) is 58.0 Å². The Labute approximate surface area is 166 Å². The smallest absolute Gasteiger partial charge is 0.274 e. The number of likely N-dealkylation sites (N-methyl/N-ethyl adjacent to an activating group) is 1. The molecule has 0 saturated heterocycles. The van der Waals surface area contributed by atoms with Crippen molar-refractivity contribution in [2.45, 2.75) is 44.9 Å². The molecular weight excluding hydrogens is 348 g/mol. The molecule has 28 heavy (non-hydrogen) atoms. The summed E-state index contributed by atoms with van der Waals surface area (Å²) in [6.07, 6.45) is 8.97. The van der Waals surface area contributed by atoms with Crippen molar-refractivity contribution in [1.82, 2.24) is 20.0 Å². The monoisotopic (exact) mass is 378 g/mol. The molecule has 2 fully saturated rings. The minimum absolute atomic E-state index is 0.609. The van der Waals surface area contributed by atoms with Crippen LogP contribution in [0.1, 0.15) is 43.5 Å². The Balaban J connectivity index is 1.29. The van der Waals surface area contributed by atoms with Gasteiger partial charge in [0.1, 0.15) is 5.69 Å². The number of hydrogen-bond acceptors (Lipinski definition) is 4. The molecule has 0 radical (unpaired) electrons. The fraction of sp³-hybridized carbons (Fsp3) is 0.565. The largest absolute Gasteiger partial charge is 0.351 e. The summed E-state index contributed by atoms with van der Waals surface area (Å²) in [4.78, 5) is 10.4. The number of nitrogens with one attached hydrogen (secondary N) is 1. The van der Waals surface area contributed by atoms with E-state index in [2.05, 4.69) is 58.4 Å². The van der Waals surface area contributed by atoms with Crippen LogP contribution in [0.4, 0.5) is 0 Å². The maximum Gasteiger partial charge on any atom is 0.274 e. The third-order valence-electron chi connectivity index (χ3n) is 6.90.